The van der Waals surface area contributed by atoms with Gasteiger partial charge < -0.3 is 4.74 Å². The van der Waals surface area contributed by atoms with Crippen molar-refractivity contribution in [3.8, 4) is 5.75 Å². The van der Waals surface area contributed by atoms with E-state index < -0.39 is 10.0 Å². The molecule has 2 aromatic rings. The van der Waals surface area contributed by atoms with Crippen LogP contribution in [0.25, 0.3) is 0 Å². The van der Waals surface area contributed by atoms with Crippen molar-refractivity contribution in [2.45, 2.75) is 18.4 Å². The Kier molecular flexibility index (Phi) is 4.76. The molecule has 106 valence electrons. The van der Waals surface area contributed by atoms with Crippen LogP contribution in [0.15, 0.2) is 59.5 Å². The van der Waals surface area contributed by atoms with Gasteiger partial charge in [0, 0.05) is 6.54 Å². The van der Waals surface area contributed by atoms with Gasteiger partial charge in [-0.1, -0.05) is 30.3 Å². The van der Waals surface area contributed by atoms with E-state index in [9.17, 15) is 8.42 Å². The average Bonchev–Trinajstić information content (AvgIpc) is 2.48. The predicted molar refractivity (Wildman–Crippen MR) is 78.1 cm³/mol. The summed E-state index contributed by atoms with van der Waals surface area (Å²) < 4.78 is 32.0. The SMILES string of the molecule is CCOc1ccc(CNS(=O)(=O)c2ccccc2)cc1. The molecule has 2 aromatic carbocycles. The lowest BCUT2D eigenvalue weighted by atomic mass is 10.2. The molecule has 0 bridgehead atoms. The number of hydrogen-bond donors (Lipinski definition) is 1. The van der Waals surface area contributed by atoms with E-state index in [2.05, 4.69) is 4.72 Å². The molecule has 0 aliphatic heterocycles. The van der Waals surface area contributed by atoms with Crippen molar-refractivity contribution in [1.29, 1.82) is 0 Å². The Balaban J connectivity index is 2.01. The summed E-state index contributed by atoms with van der Waals surface area (Å²) in [6.45, 7) is 2.78. The zero-order valence-corrected chi connectivity index (χ0v) is 12.1. The van der Waals surface area contributed by atoms with Gasteiger partial charge in [0.15, 0.2) is 0 Å². The van der Waals surface area contributed by atoms with Crippen LogP contribution in [-0.4, -0.2) is 15.0 Å². The summed E-state index contributed by atoms with van der Waals surface area (Å²) in [5.74, 6) is 0.780. The number of benzene rings is 2. The smallest absolute Gasteiger partial charge is 0.240 e. The zero-order valence-electron chi connectivity index (χ0n) is 11.2. The fraction of sp³-hybridized carbons (Fsp3) is 0.200. The molecule has 0 atom stereocenters. The van der Waals surface area contributed by atoms with Crippen molar-refractivity contribution >= 4 is 10.0 Å². The molecular weight excluding hydrogens is 274 g/mol. The quantitative estimate of drug-likeness (QED) is 0.890. The van der Waals surface area contributed by atoms with Gasteiger partial charge in [0.2, 0.25) is 10.0 Å². The maximum absolute atomic E-state index is 12.0. The lowest BCUT2D eigenvalue weighted by Crippen LogP contribution is -2.23. The Morgan fingerprint density at radius 3 is 2.25 bits per heavy atom. The molecule has 5 heteroatoms. The molecule has 0 radical (unpaired) electrons. The predicted octanol–water partition coefficient (Wildman–Crippen LogP) is 2.56. The molecule has 0 amide bonds. The minimum Gasteiger partial charge on any atom is -0.494 e. The van der Waals surface area contributed by atoms with Crippen LogP contribution in [0, 0.1) is 0 Å². The Morgan fingerprint density at radius 1 is 1.00 bits per heavy atom. The van der Waals surface area contributed by atoms with E-state index in [-0.39, 0.29) is 11.4 Å². The molecule has 0 aliphatic carbocycles. The molecule has 2 rings (SSSR count). The molecule has 0 spiro atoms. The van der Waals surface area contributed by atoms with Crippen LogP contribution >= 0.6 is 0 Å². The minimum absolute atomic E-state index is 0.254. The normalized spacial score (nSPS) is 11.2. The van der Waals surface area contributed by atoms with Crippen LogP contribution in [0.5, 0.6) is 5.75 Å². The van der Waals surface area contributed by atoms with Gasteiger partial charge in [0.25, 0.3) is 0 Å². The number of sulfonamides is 1. The largest absolute Gasteiger partial charge is 0.494 e. The standard InChI is InChI=1S/C15H17NO3S/c1-2-19-14-10-8-13(9-11-14)12-16-20(17,18)15-6-4-3-5-7-15/h3-11,16H,2,12H2,1H3. The summed E-state index contributed by atoms with van der Waals surface area (Å²) in [7, 11) is -3.46. The van der Waals surface area contributed by atoms with Crippen molar-refractivity contribution < 1.29 is 13.2 Å². The topological polar surface area (TPSA) is 55.4 Å². The Morgan fingerprint density at radius 2 is 1.65 bits per heavy atom. The van der Waals surface area contributed by atoms with E-state index in [0.717, 1.165) is 11.3 Å². The van der Waals surface area contributed by atoms with E-state index >= 15 is 0 Å². The molecule has 0 saturated heterocycles. The Hall–Kier alpha value is -1.85. The highest BCUT2D eigenvalue weighted by molar-refractivity contribution is 7.89. The van der Waals surface area contributed by atoms with Crippen LogP contribution in [-0.2, 0) is 16.6 Å². The molecule has 0 aromatic heterocycles. The summed E-state index contributed by atoms with van der Waals surface area (Å²) in [5, 5.41) is 0. The first-order valence-corrected chi connectivity index (χ1v) is 7.86. The van der Waals surface area contributed by atoms with Gasteiger partial charge in [-0.2, -0.15) is 0 Å². The monoisotopic (exact) mass is 291 g/mol. The highest BCUT2D eigenvalue weighted by atomic mass is 32.2. The van der Waals surface area contributed by atoms with Gasteiger partial charge in [-0.05, 0) is 36.8 Å². The molecule has 0 saturated carbocycles. The fourth-order valence-electron chi connectivity index (χ4n) is 1.73. The summed E-state index contributed by atoms with van der Waals surface area (Å²) in [6.07, 6.45) is 0. The first-order valence-electron chi connectivity index (χ1n) is 6.38. The van der Waals surface area contributed by atoms with Gasteiger partial charge in [-0.3, -0.25) is 0 Å². The number of ether oxygens (including phenoxy) is 1. The second-order valence-corrected chi connectivity index (χ2v) is 5.98. The third kappa shape index (κ3) is 3.82. The van der Waals surface area contributed by atoms with Crippen molar-refractivity contribution in [3.63, 3.8) is 0 Å². The lowest BCUT2D eigenvalue weighted by molar-refractivity contribution is 0.340. The summed E-state index contributed by atoms with van der Waals surface area (Å²) in [6, 6.07) is 15.7. The molecule has 4 nitrogen and oxygen atoms in total. The summed E-state index contributed by atoms with van der Waals surface area (Å²) >= 11 is 0. The molecule has 0 unspecified atom stereocenters. The van der Waals surface area contributed by atoms with Crippen LogP contribution in [0.1, 0.15) is 12.5 Å². The van der Waals surface area contributed by atoms with E-state index in [1.807, 2.05) is 31.2 Å². The zero-order chi connectivity index (χ0) is 14.4. The van der Waals surface area contributed by atoms with Crippen molar-refractivity contribution in [2.75, 3.05) is 6.61 Å². The fourth-order valence-corrected chi connectivity index (χ4v) is 2.77. The van der Waals surface area contributed by atoms with E-state index in [1.165, 1.54) is 0 Å². The number of rotatable bonds is 6. The minimum atomic E-state index is -3.46. The van der Waals surface area contributed by atoms with Crippen molar-refractivity contribution in [1.82, 2.24) is 4.72 Å². The van der Waals surface area contributed by atoms with E-state index in [0.29, 0.717) is 6.61 Å². The highest BCUT2D eigenvalue weighted by Crippen LogP contribution is 2.13. The van der Waals surface area contributed by atoms with Crippen molar-refractivity contribution in [3.05, 3.63) is 60.2 Å². The molecule has 1 N–H and O–H groups in total. The second-order valence-electron chi connectivity index (χ2n) is 4.21. The second kappa shape index (κ2) is 6.54. The van der Waals surface area contributed by atoms with Crippen molar-refractivity contribution in [2.24, 2.45) is 0 Å². The summed E-state index contributed by atoms with van der Waals surface area (Å²) in [5.41, 5.74) is 0.882. The number of nitrogens with one attached hydrogen (secondary N) is 1. The van der Waals surface area contributed by atoms with Gasteiger partial charge in [0.1, 0.15) is 5.75 Å². The molecule has 20 heavy (non-hydrogen) atoms. The highest BCUT2D eigenvalue weighted by Gasteiger charge is 2.12. The molecular formula is C15H17NO3S. The molecule has 0 heterocycles. The third-order valence-electron chi connectivity index (χ3n) is 2.75. The summed E-state index contributed by atoms with van der Waals surface area (Å²) in [4.78, 5) is 0.269. The van der Waals surface area contributed by atoms with Gasteiger partial charge >= 0.3 is 0 Å². The van der Waals surface area contributed by atoms with Gasteiger partial charge in [-0.15, -0.1) is 0 Å². The molecule has 0 aliphatic rings. The van der Waals surface area contributed by atoms with E-state index in [1.54, 1.807) is 30.3 Å². The van der Waals surface area contributed by atoms with E-state index in [4.69, 9.17) is 4.74 Å². The van der Waals surface area contributed by atoms with Gasteiger partial charge in [-0.25, -0.2) is 13.1 Å². The van der Waals surface area contributed by atoms with Crippen LogP contribution < -0.4 is 9.46 Å². The lowest BCUT2D eigenvalue weighted by Gasteiger charge is -2.08. The third-order valence-corrected chi connectivity index (χ3v) is 4.17. The van der Waals surface area contributed by atoms with Crippen LogP contribution in [0.2, 0.25) is 0 Å². The van der Waals surface area contributed by atoms with Gasteiger partial charge in [0.05, 0.1) is 11.5 Å². The van der Waals surface area contributed by atoms with Crippen LogP contribution in [0.4, 0.5) is 0 Å². The Bertz CT molecular complexity index is 637. The Labute approximate surface area is 119 Å². The maximum atomic E-state index is 12.0. The first-order chi connectivity index (χ1) is 9.62. The van der Waals surface area contributed by atoms with Crippen LogP contribution in [0.3, 0.4) is 0 Å². The number of hydrogen-bond acceptors (Lipinski definition) is 3. The maximum Gasteiger partial charge on any atom is 0.240 e. The molecule has 0 fully saturated rings. The average molecular weight is 291 g/mol. The first kappa shape index (κ1) is 14.6.